The van der Waals surface area contributed by atoms with Gasteiger partial charge >= 0.3 is 0 Å². The molecule has 1 aromatic heterocycles. The zero-order valence-corrected chi connectivity index (χ0v) is 9.21. The first kappa shape index (κ1) is 10.7. The van der Waals surface area contributed by atoms with E-state index in [0.717, 1.165) is 22.9 Å². The van der Waals surface area contributed by atoms with Gasteiger partial charge in [0.1, 0.15) is 0 Å². The molecule has 0 saturated carbocycles. The minimum absolute atomic E-state index is 0.0678. The van der Waals surface area contributed by atoms with E-state index in [4.69, 9.17) is 5.73 Å². The fourth-order valence-electron chi connectivity index (χ4n) is 1.83. The Hall–Kier alpha value is -1.81. The highest BCUT2D eigenvalue weighted by atomic mass is 16.1. The molecule has 0 spiro atoms. The first-order chi connectivity index (χ1) is 7.76. The summed E-state index contributed by atoms with van der Waals surface area (Å²) in [6.45, 7) is 0.608. The highest BCUT2D eigenvalue weighted by Crippen LogP contribution is 2.20. The molecule has 0 fully saturated rings. The molecule has 4 nitrogen and oxygen atoms in total. The molecule has 0 unspecified atom stereocenters. The second kappa shape index (κ2) is 4.37. The van der Waals surface area contributed by atoms with Crippen LogP contribution in [0.2, 0.25) is 0 Å². The van der Waals surface area contributed by atoms with E-state index >= 15 is 0 Å². The lowest BCUT2D eigenvalue weighted by atomic mass is 10.1. The van der Waals surface area contributed by atoms with E-state index in [9.17, 15) is 4.79 Å². The predicted octanol–water partition coefficient (Wildman–Crippen LogP) is 1.03. The minimum atomic E-state index is -0.0678. The first-order valence-electron chi connectivity index (χ1n) is 5.28. The van der Waals surface area contributed by atoms with Gasteiger partial charge in [0, 0.05) is 29.7 Å². The van der Waals surface area contributed by atoms with Crippen molar-refractivity contribution in [1.29, 1.82) is 0 Å². The van der Waals surface area contributed by atoms with Crippen LogP contribution in [0.5, 0.6) is 0 Å². The van der Waals surface area contributed by atoms with Gasteiger partial charge in [-0.2, -0.15) is 0 Å². The number of hydrogen-bond donors (Lipinski definition) is 3. The Morgan fingerprint density at radius 2 is 2.31 bits per heavy atom. The third-order valence-electron chi connectivity index (χ3n) is 2.67. The molecule has 16 heavy (non-hydrogen) atoms. The average Bonchev–Trinajstić information content (AvgIpc) is 2.71. The molecular weight excluding hydrogens is 202 g/mol. The zero-order chi connectivity index (χ0) is 11.5. The molecule has 84 valence electrons. The molecule has 2 aromatic rings. The normalized spacial score (nSPS) is 10.6. The molecule has 0 aliphatic carbocycles. The molecule has 0 saturated heterocycles. The van der Waals surface area contributed by atoms with Crippen molar-refractivity contribution in [3.8, 4) is 0 Å². The fourth-order valence-corrected chi connectivity index (χ4v) is 1.83. The minimum Gasteiger partial charge on any atom is -0.361 e. The lowest BCUT2D eigenvalue weighted by Gasteiger charge is -2.01. The Kier molecular flexibility index (Phi) is 2.92. The Morgan fingerprint density at radius 3 is 3.00 bits per heavy atom. The number of carbonyl (C=O) groups is 1. The van der Waals surface area contributed by atoms with Gasteiger partial charge in [0.05, 0.1) is 0 Å². The number of fused-ring (bicyclic) bond motifs is 1. The molecule has 2 rings (SSSR count). The summed E-state index contributed by atoms with van der Waals surface area (Å²) in [5, 5.41) is 3.69. The van der Waals surface area contributed by atoms with Gasteiger partial charge < -0.3 is 16.0 Å². The summed E-state index contributed by atoms with van der Waals surface area (Å²) in [4.78, 5) is 14.7. The topological polar surface area (TPSA) is 70.9 Å². The van der Waals surface area contributed by atoms with E-state index in [1.54, 1.807) is 7.05 Å². The van der Waals surface area contributed by atoms with Crippen LogP contribution in [0.1, 0.15) is 15.9 Å². The standard InChI is InChI=1S/C12H15N3O/c1-14-12(16)8-2-3-11-10(6-8)9(4-5-13)7-15-11/h2-3,6-7,15H,4-5,13H2,1H3,(H,14,16). The Balaban J connectivity index is 2.49. The summed E-state index contributed by atoms with van der Waals surface area (Å²) in [5.41, 5.74) is 8.41. The maximum atomic E-state index is 11.5. The van der Waals surface area contributed by atoms with Crippen molar-refractivity contribution in [2.75, 3.05) is 13.6 Å². The average molecular weight is 217 g/mol. The highest BCUT2D eigenvalue weighted by Gasteiger charge is 2.07. The smallest absolute Gasteiger partial charge is 0.251 e. The van der Waals surface area contributed by atoms with E-state index in [-0.39, 0.29) is 5.91 Å². The maximum Gasteiger partial charge on any atom is 0.251 e. The summed E-state index contributed by atoms with van der Waals surface area (Å²) < 4.78 is 0. The molecule has 1 heterocycles. The second-order valence-corrected chi connectivity index (χ2v) is 3.69. The van der Waals surface area contributed by atoms with Crippen LogP contribution >= 0.6 is 0 Å². The predicted molar refractivity (Wildman–Crippen MR) is 64.4 cm³/mol. The second-order valence-electron chi connectivity index (χ2n) is 3.69. The molecule has 4 N–H and O–H groups in total. The van der Waals surface area contributed by atoms with Crippen LogP contribution in [-0.2, 0) is 6.42 Å². The number of benzene rings is 1. The molecule has 0 aliphatic rings. The van der Waals surface area contributed by atoms with Crippen LogP contribution in [0, 0.1) is 0 Å². The fraction of sp³-hybridized carbons (Fsp3) is 0.250. The van der Waals surface area contributed by atoms with Crippen molar-refractivity contribution in [3.05, 3.63) is 35.5 Å². The number of aromatic amines is 1. The van der Waals surface area contributed by atoms with Crippen LogP contribution in [0.15, 0.2) is 24.4 Å². The van der Waals surface area contributed by atoms with Gasteiger partial charge in [-0.15, -0.1) is 0 Å². The number of carbonyl (C=O) groups excluding carboxylic acids is 1. The Bertz CT molecular complexity index is 516. The number of aromatic nitrogens is 1. The SMILES string of the molecule is CNC(=O)c1ccc2[nH]cc(CCN)c2c1. The van der Waals surface area contributed by atoms with Crippen LogP contribution in [0.25, 0.3) is 10.9 Å². The number of rotatable bonds is 3. The van der Waals surface area contributed by atoms with Gasteiger partial charge in [-0.05, 0) is 36.7 Å². The lowest BCUT2D eigenvalue weighted by Crippen LogP contribution is -2.17. The summed E-state index contributed by atoms with van der Waals surface area (Å²) >= 11 is 0. The largest absolute Gasteiger partial charge is 0.361 e. The molecule has 1 amide bonds. The monoisotopic (exact) mass is 217 g/mol. The van der Waals surface area contributed by atoms with Gasteiger partial charge in [-0.25, -0.2) is 0 Å². The van der Waals surface area contributed by atoms with Crippen molar-refractivity contribution >= 4 is 16.8 Å². The molecule has 1 aromatic carbocycles. The van der Waals surface area contributed by atoms with Gasteiger partial charge in [0.25, 0.3) is 5.91 Å². The lowest BCUT2D eigenvalue weighted by molar-refractivity contribution is 0.0963. The van der Waals surface area contributed by atoms with E-state index in [0.29, 0.717) is 12.1 Å². The molecule has 0 bridgehead atoms. The van der Waals surface area contributed by atoms with Crippen LogP contribution < -0.4 is 11.1 Å². The van der Waals surface area contributed by atoms with E-state index < -0.39 is 0 Å². The van der Waals surface area contributed by atoms with Gasteiger partial charge in [0.2, 0.25) is 0 Å². The summed E-state index contributed by atoms with van der Waals surface area (Å²) in [6.07, 6.45) is 2.77. The van der Waals surface area contributed by atoms with Crippen molar-refractivity contribution in [3.63, 3.8) is 0 Å². The molecule has 4 heteroatoms. The number of amides is 1. The number of nitrogens with one attached hydrogen (secondary N) is 2. The van der Waals surface area contributed by atoms with Crippen molar-refractivity contribution in [2.45, 2.75) is 6.42 Å². The summed E-state index contributed by atoms with van der Waals surface area (Å²) in [5.74, 6) is -0.0678. The first-order valence-corrected chi connectivity index (χ1v) is 5.28. The van der Waals surface area contributed by atoms with E-state index in [2.05, 4.69) is 10.3 Å². The zero-order valence-electron chi connectivity index (χ0n) is 9.21. The molecule has 0 atom stereocenters. The summed E-state index contributed by atoms with van der Waals surface area (Å²) in [7, 11) is 1.63. The third kappa shape index (κ3) is 1.79. The number of H-pyrrole nitrogens is 1. The quantitative estimate of drug-likeness (QED) is 0.718. The number of nitrogens with two attached hydrogens (primary N) is 1. The van der Waals surface area contributed by atoms with Gasteiger partial charge in [0.15, 0.2) is 0 Å². The molecule has 0 radical (unpaired) electrons. The molecule has 0 aliphatic heterocycles. The van der Waals surface area contributed by atoms with Gasteiger partial charge in [-0.1, -0.05) is 0 Å². The highest BCUT2D eigenvalue weighted by molar-refractivity contribution is 5.98. The van der Waals surface area contributed by atoms with Crippen molar-refractivity contribution in [2.24, 2.45) is 5.73 Å². The summed E-state index contributed by atoms with van der Waals surface area (Å²) in [6, 6.07) is 5.62. The third-order valence-corrected chi connectivity index (χ3v) is 2.67. The van der Waals surface area contributed by atoms with Crippen LogP contribution in [0.3, 0.4) is 0 Å². The van der Waals surface area contributed by atoms with E-state index in [1.807, 2.05) is 24.4 Å². The van der Waals surface area contributed by atoms with Crippen LogP contribution in [-0.4, -0.2) is 24.5 Å². The van der Waals surface area contributed by atoms with Crippen LogP contribution in [0.4, 0.5) is 0 Å². The Labute approximate surface area is 93.8 Å². The van der Waals surface area contributed by atoms with Crippen molar-refractivity contribution < 1.29 is 4.79 Å². The van der Waals surface area contributed by atoms with E-state index in [1.165, 1.54) is 0 Å². The van der Waals surface area contributed by atoms with Crippen molar-refractivity contribution in [1.82, 2.24) is 10.3 Å². The van der Waals surface area contributed by atoms with Gasteiger partial charge in [-0.3, -0.25) is 4.79 Å². The number of hydrogen-bond acceptors (Lipinski definition) is 2. The maximum absolute atomic E-state index is 11.5. The molecular formula is C12H15N3O. The Morgan fingerprint density at radius 1 is 1.50 bits per heavy atom.